The number of rotatable bonds is 11. The van der Waals surface area contributed by atoms with Gasteiger partial charge in [-0.15, -0.1) is 11.8 Å². The fraction of sp³-hybridized carbons (Fsp3) is 0.125. The van der Waals surface area contributed by atoms with Gasteiger partial charge in [0, 0.05) is 21.8 Å². The lowest BCUT2D eigenvalue weighted by Crippen LogP contribution is -2.30. The summed E-state index contributed by atoms with van der Waals surface area (Å²) in [6.07, 6.45) is 1.67. The molecule has 5 aromatic rings. The summed E-state index contributed by atoms with van der Waals surface area (Å²) in [6, 6.07) is 41.3. The van der Waals surface area contributed by atoms with Crippen molar-refractivity contribution in [3.63, 3.8) is 0 Å². The van der Waals surface area contributed by atoms with E-state index in [1.165, 1.54) is 17.3 Å². The molecule has 0 saturated heterocycles. The van der Waals surface area contributed by atoms with Gasteiger partial charge in [0.25, 0.3) is 11.8 Å². The van der Waals surface area contributed by atoms with Crippen LogP contribution in [0.15, 0.2) is 144 Å². The SMILES string of the molecule is Cc1ccc(NC(=O)C(Sc2cccc(NC(=O)/C(=C\c3ccc(C(C)C)cc3)NC(=O)c3ccccc3)c2)c2ccccc2)cc1. The van der Waals surface area contributed by atoms with Crippen LogP contribution in [0, 0.1) is 6.92 Å². The average molecular weight is 640 g/mol. The van der Waals surface area contributed by atoms with Crippen LogP contribution in [0.2, 0.25) is 0 Å². The van der Waals surface area contributed by atoms with Gasteiger partial charge in [-0.05, 0) is 78.1 Å². The second-order valence-corrected chi connectivity index (χ2v) is 12.6. The molecular weight excluding hydrogens is 603 g/mol. The molecule has 0 radical (unpaired) electrons. The molecule has 3 N–H and O–H groups in total. The third-order valence-electron chi connectivity index (χ3n) is 7.45. The van der Waals surface area contributed by atoms with E-state index in [2.05, 4.69) is 29.8 Å². The highest BCUT2D eigenvalue weighted by Crippen LogP contribution is 2.37. The second-order valence-electron chi connectivity index (χ2n) is 11.4. The summed E-state index contributed by atoms with van der Waals surface area (Å²) < 4.78 is 0. The summed E-state index contributed by atoms with van der Waals surface area (Å²) in [5, 5.41) is 8.23. The molecule has 0 aliphatic rings. The smallest absolute Gasteiger partial charge is 0.272 e. The number of hydrogen-bond donors (Lipinski definition) is 3. The molecule has 5 aromatic carbocycles. The van der Waals surface area contributed by atoms with Crippen molar-refractivity contribution < 1.29 is 14.4 Å². The highest BCUT2D eigenvalue weighted by atomic mass is 32.2. The van der Waals surface area contributed by atoms with Crippen molar-refractivity contribution >= 4 is 46.9 Å². The number of benzene rings is 5. The van der Waals surface area contributed by atoms with E-state index in [4.69, 9.17) is 0 Å². The Morgan fingerprint density at radius 1 is 0.660 bits per heavy atom. The molecule has 0 bridgehead atoms. The molecule has 6 nitrogen and oxygen atoms in total. The number of aryl methyl sites for hydroxylation is 1. The molecule has 1 unspecified atom stereocenters. The molecule has 3 amide bonds. The van der Waals surface area contributed by atoms with Gasteiger partial charge < -0.3 is 16.0 Å². The van der Waals surface area contributed by atoms with Crippen LogP contribution in [0.4, 0.5) is 11.4 Å². The normalized spacial score (nSPS) is 11.9. The first-order valence-corrected chi connectivity index (χ1v) is 16.3. The first kappa shape index (κ1) is 33.0. The molecule has 1 atom stereocenters. The standard InChI is InChI=1S/C40H37N3O3S/c1-27(2)30-21-19-29(20-22-30)25-36(43-38(44)32-13-8-5-9-14-32)39(45)42-34-15-10-16-35(26-34)47-37(31-11-6-4-7-12-31)40(46)41-33-23-17-28(3)18-24-33/h4-27,37H,1-3H3,(H,41,46)(H,42,45)(H,43,44)/b36-25+. The third-order valence-corrected chi connectivity index (χ3v) is 8.70. The fourth-order valence-electron chi connectivity index (χ4n) is 4.81. The van der Waals surface area contributed by atoms with Gasteiger partial charge in [0.15, 0.2) is 0 Å². The van der Waals surface area contributed by atoms with Crippen molar-refractivity contribution in [3.05, 3.63) is 167 Å². The monoisotopic (exact) mass is 639 g/mol. The van der Waals surface area contributed by atoms with Gasteiger partial charge >= 0.3 is 0 Å². The van der Waals surface area contributed by atoms with Crippen LogP contribution in [-0.2, 0) is 9.59 Å². The molecule has 0 spiro atoms. The van der Waals surface area contributed by atoms with Crippen molar-refractivity contribution in [2.24, 2.45) is 0 Å². The third kappa shape index (κ3) is 9.31. The molecule has 47 heavy (non-hydrogen) atoms. The summed E-state index contributed by atoms with van der Waals surface area (Å²) in [7, 11) is 0. The number of anilines is 2. The molecule has 0 saturated carbocycles. The van der Waals surface area contributed by atoms with Gasteiger partial charge in [0.1, 0.15) is 10.9 Å². The second kappa shape index (κ2) is 15.7. The van der Waals surface area contributed by atoms with Crippen molar-refractivity contribution in [1.29, 1.82) is 0 Å². The average Bonchev–Trinajstić information content (AvgIpc) is 3.09. The van der Waals surface area contributed by atoms with Crippen LogP contribution in [-0.4, -0.2) is 17.7 Å². The predicted octanol–water partition coefficient (Wildman–Crippen LogP) is 9.00. The maximum Gasteiger partial charge on any atom is 0.272 e. The lowest BCUT2D eigenvalue weighted by molar-refractivity contribution is -0.116. The van der Waals surface area contributed by atoms with E-state index in [1.807, 2.05) is 110 Å². The molecule has 0 aliphatic heterocycles. The number of amides is 3. The molecule has 236 valence electrons. The van der Waals surface area contributed by atoms with Gasteiger partial charge in [-0.3, -0.25) is 14.4 Å². The summed E-state index contributed by atoms with van der Waals surface area (Å²) >= 11 is 1.39. The number of thioether (sulfide) groups is 1. The van der Waals surface area contributed by atoms with Crippen LogP contribution < -0.4 is 16.0 Å². The Morgan fingerprint density at radius 3 is 1.98 bits per heavy atom. The molecule has 0 aromatic heterocycles. The summed E-state index contributed by atoms with van der Waals surface area (Å²) in [5.74, 6) is -0.646. The van der Waals surface area contributed by atoms with Crippen LogP contribution in [0.1, 0.15) is 57.6 Å². The van der Waals surface area contributed by atoms with E-state index in [0.717, 1.165) is 27.3 Å². The Hall–Kier alpha value is -5.40. The Labute approximate surface area is 280 Å². The summed E-state index contributed by atoms with van der Waals surface area (Å²) in [6.45, 7) is 6.24. The minimum Gasteiger partial charge on any atom is -0.325 e. The lowest BCUT2D eigenvalue weighted by Gasteiger charge is -2.18. The highest BCUT2D eigenvalue weighted by molar-refractivity contribution is 8.00. The van der Waals surface area contributed by atoms with Crippen molar-refractivity contribution in [3.8, 4) is 0 Å². The molecule has 7 heteroatoms. The minimum absolute atomic E-state index is 0.105. The summed E-state index contributed by atoms with van der Waals surface area (Å²) in [5.41, 5.74) is 5.72. The zero-order chi connectivity index (χ0) is 33.2. The first-order valence-electron chi connectivity index (χ1n) is 15.4. The van der Waals surface area contributed by atoms with Crippen molar-refractivity contribution in [1.82, 2.24) is 5.32 Å². The Balaban J connectivity index is 1.37. The van der Waals surface area contributed by atoms with E-state index in [9.17, 15) is 14.4 Å². The Kier molecular flexibility index (Phi) is 11.0. The van der Waals surface area contributed by atoms with Crippen LogP contribution in [0.5, 0.6) is 0 Å². The zero-order valence-electron chi connectivity index (χ0n) is 26.6. The zero-order valence-corrected chi connectivity index (χ0v) is 27.4. The lowest BCUT2D eigenvalue weighted by atomic mass is 10.0. The number of hydrogen-bond acceptors (Lipinski definition) is 4. The number of nitrogens with one attached hydrogen (secondary N) is 3. The topological polar surface area (TPSA) is 87.3 Å². The Morgan fingerprint density at radius 2 is 1.32 bits per heavy atom. The van der Waals surface area contributed by atoms with Crippen LogP contribution >= 0.6 is 11.8 Å². The predicted molar refractivity (Wildman–Crippen MR) is 192 cm³/mol. The van der Waals surface area contributed by atoms with Crippen LogP contribution in [0.3, 0.4) is 0 Å². The molecule has 0 fully saturated rings. The fourth-order valence-corrected chi connectivity index (χ4v) is 5.90. The quantitative estimate of drug-likeness (QED) is 0.0995. The van der Waals surface area contributed by atoms with Gasteiger partial charge in [-0.1, -0.05) is 110 Å². The van der Waals surface area contributed by atoms with Gasteiger partial charge in [0.05, 0.1) is 0 Å². The largest absolute Gasteiger partial charge is 0.325 e. The van der Waals surface area contributed by atoms with E-state index >= 15 is 0 Å². The van der Waals surface area contributed by atoms with Gasteiger partial charge in [-0.2, -0.15) is 0 Å². The minimum atomic E-state index is -0.544. The Bertz CT molecular complexity index is 1850. The van der Waals surface area contributed by atoms with E-state index in [-0.39, 0.29) is 17.5 Å². The summed E-state index contributed by atoms with van der Waals surface area (Å²) in [4.78, 5) is 41.1. The van der Waals surface area contributed by atoms with E-state index in [1.54, 1.807) is 36.4 Å². The molecular formula is C40H37N3O3S. The molecule has 5 rings (SSSR count). The maximum absolute atomic E-state index is 13.7. The van der Waals surface area contributed by atoms with E-state index < -0.39 is 11.2 Å². The van der Waals surface area contributed by atoms with Gasteiger partial charge in [-0.25, -0.2) is 0 Å². The van der Waals surface area contributed by atoms with E-state index in [0.29, 0.717) is 17.2 Å². The van der Waals surface area contributed by atoms with Crippen molar-refractivity contribution in [2.45, 2.75) is 36.8 Å². The highest BCUT2D eigenvalue weighted by Gasteiger charge is 2.23. The van der Waals surface area contributed by atoms with Crippen LogP contribution in [0.25, 0.3) is 6.08 Å². The van der Waals surface area contributed by atoms with Crippen molar-refractivity contribution in [2.75, 3.05) is 10.6 Å². The maximum atomic E-state index is 13.7. The molecule has 0 aliphatic carbocycles. The number of carbonyl (C=O) groups is 3. The first-order chi connectivity index (χ1) is 22.7. The van der Waals surface area contributed by atoms with Gasteiger partial charge in [0.2, 0.25) is 5.91 Å². The molecule has 0 heterocycles. The number of carbonyl (C=O) groups excluding carboxylic acids is 3.